The third-order valence-corrected chi connectivity index (χ3v) is 19.0. The monoisotopic (exact) mass is 606 g/mol. The first-order chi connectivity index (χ1) is 18.7. The molecule has 1 unspecified atom stereocenters. The van der Waals surface area contributed by atoms with Crippen LogP contribution < -0.4 is 0 Å². The summed E-state index contributed by atoms with van der Waals surface area (Å²) in [5.41, 5.74) is -0.349. The zero-order chi connectivity index (χ0) is 31.7. The summed E-state index contributed by atoms with van der Waals surface area (Å²) >= 11 is 0. The van der Waals surface area contributed by atoms with Crippen molar-refractivity contribution < 1.29 is 18.4 Å². The standard InChI is InChI=1S/C35H66O4Si2/c1-15-18-20-23-32(36)37-30-27-31(38-40(11,12)33(4,5)6)29(28(30)22-17-3)24-26-35(10,25-21-19-16-2)39-41(13,14)34(7,8)9/h15,17,24,26,28-31H,1,3,16,18-23,25,27H2,2,4-14H3/b26-24+/t28-,29-,30+,31?,35+/m1/s1. The van der Waals surface area contributed by atoms with Crippen LogP contribution in [0, 0.1) is 11.8 Å². The first-order valence-corrected chi connectivity index (χ1v) is 22.0. The van der Waals surface area contributed by atoms with Crippen molar-refractivity contribution in [3.05, 3.63) is 37.5 Å². The van der Waals surface area contributed by atoms with Crippen molar-refractivity contribution in [3.63, 3.8) is 0 Å². The zero-order valence-corrected chi connectivity index (χ0v) is 31.0. The van der Waals surface area contributed by atoms with Gasteiger partial charge in [-0.1, -0.05) is 92.0 Å². The molecule has 1 saturated carbocycles. The highest BCUT2D eigenvalue weighted by Crippen LogP contribution is 2.46. The highest BCUT2D eigenvalue weighted by Gasteiger charge is 2.49. The van der Waals surface area contributed by atoms with Gasteiger partial charge in [-0.3, -0.25) is 4.79 Å². The average molecular weight is 607 g/mol. The van der Waals surface area contributed by atoms with Gasteiger partial charge in [-0.05, 0) is 68.9 Å². The van der Waals surface area contributed by atoms with E-state index >= 15 is 0 Å². The van der Waals surface area contributed by atoms with Crippen molar-refractivity contribution in [1.29, 1.82) is 0 Å². The van der Waals surface area contributed by atoms with E-state index in [1.165, 1.54) is 12.8 Å². The van der Waals surface area contributed by atoms with Gasteiger partial charge in [0.2, 0.25) is 0 Å². The van der Waals surface area contributed by atoms with E-state index in [0.717, 1.165) is 38.5 Å². The van der Waals surface area contributed by atoms with Crippen LogP contribution in [0.15, 0.2) is 37.5 Å². The molecule has 0 radical (unpaired) electrons. The normalized spacial score (nSPS) is 23.9. The number of unbranched alkanes of at least 4 members (excludes halogenated alkanes) is 3. The summed E-state index contributed by atoms with van der Waals surface area (Å²) < 4.78 is 20.4. The molecule has 238 valence electrons. The summed E-state index contributed by atoms with van der Waals surface area (Å²) in [4.78, 5) is 12.8. The summed E-state index contributed by atoms with van der Waals surface area (Å²) in [6.07, 6.45) is 16.4. The molecule has 0 spiro atoms. The van der Waals surface area contributed by atoms with Crippen molar-refractivity contribution in [2.75, 3.05) is 0 Å². The van der Waals surface area contributed by atoms with Crippen molar-refractivity contribution in [3.8, 4) is 0 Å². The number of allylic oxidation sites excluding steroid dienone is 2. The molecule has 0 heterocycles. The van der Waals surface area contributed by atoms with Crippen LogP contribution in [0.5, 0.6) is 0 Å². The first-order valence-electron chi connectivity index (χ1n) is 16.2. The molecule has 5 atom stereocenters. The lowest BCUT2D eigenvalue weighted by Crippen LogP contribution is -2.48. The molecule has 0 N–H and O–H groups in total. The lowest BCUT2D eigenvalue weighted by molar-refractivity contribution is -0.151. The Hall–Kier alpha value is -0.956. The van der Waals surface area contributed by atoms with Crippen LogP contribution in [0.3, 0.4) is 0 Å². The Bertz CT molecular complexity index is 864. The second kappa shape index (κ2) is 15.7. The molecule has 41 heavy (non-hydrogen) atoms. The lowest BCUT2D eigenvalue weighted by atomic mass is 9.88. The maximum Gasteiger partial charge on any atom is 0.306 e. The molecule has 0 aromatic heterocycles. The number of carbonyl (C=O) groups is 1. The van der Waals surface area contributed by atoms with Crippen LogP contribution in [0.4, 0.5) is 0 Å². The minimum absolute atomic E-state index is 0.00386. The molecule has 1 aliphatic carbocycles. The van der Waals surface area contributed by atoms with Gasteiger partial charge in [0.15, 0.2) is 16.6 Å². The van der Waals surface area contributed by atoms with E-state index in [1.807, 2.05) is 12.2 Å². The van der Waals surface area contributed by atoms with Crippen molar-refractivity contribution in [2.45, 2.75) is 167 Å². The topological polar surface area (TPSA) is 44.8 Å². The molecule has 0 bridgehead atoms. The quantitative estimate of drug-likeness (QED) is 0.0715. The summed E-state index contributed by atoms with van der Waals surface area (Å²) in [5.74, 6) is 0.142. The van der Waals surface area contributed by atoms with Gasteiger partial charge >= 0.3 is 5.97 Å². The maximum absolute atomic E-state index is 12.8. The number of carbonyl (C=O) groups excluding carboxylic acids is 1. The minimum Gasteiger partial charge on any atom is -0.462 e. The van der Waals surface area contributed by atoms with Gasteiger partial charge in [0.25, 0.3) is 0 Å². The van der Waals surface area contributed by atoms with E-state index < -0.39 is 16.6 Å². The predicted octanol–water partition coefficient (Wildman–Crippen LogP) is 10.8. The Labute approximate surface area is 257 Å². The Morgan fingerprint density at radius 1 is 0.878 bits per heavy atom. The largest absolute Gasteiger partial charge is 0.462 e. The fourth-order valence-electron chi connectivity index (χ4n) is 5.23. The number of hydrogen-bond acceptors (Lipinski definition) is 4. The Kier molecular flexibility index (Phi) is 14.6. The number of rotatable bonds is 17. The van der Waals surface area contributed by atoms with E-state index in [9.17, 15) is 4.79 Å². The van der Waals surface area contributed by atoms with E-state index in [4.69, 9.17) is 13.6 Å². The first kappa shape index (κ1) is 38.1. The van der Waals surface area contributed by atoms with Gasteiger partial charge in [-0.2, -0.15) is 0 Å². The molecule has 0 aromatic rings. The van der Waals surface area contributed by atoms with Gasteiger partial charge in [-0.25, -0.2) is 0 Å². The summed E-state index contributed by atoms with van der Waals surface area (Å²) in [5, 5.41) is 0.221. The molecule has 0 aliphatic heterocycles. The molecule has 1 aliphatic rings. The van der Waals surface area contributed by atoms with Crippen LogP contribution in [0.1, 0.15) is 113 Å². The second-order valence-corrected chi connectivity index (χ2v) is 25.1. The Morgan fingerprint density at radius 3 is 2.00 bits per heavy atom. The van der Waals surface area contributed by atoms with Crippen LogP contribution >= 0.6 is 0 Å². The van der Waals surface area contributed by atoms with Gasteiger partial charge in [0, 0.05) is 24.7 Å². The lowest BCUT2D eigenvalue weighted by Gasteiger charge is -2.43. The van der Waals surface area contributed by atoms with Crippen molar-refractivity contribution in [1.82, 2.24) is 0 Å². The maximum atomic E-state index is 12.8. The molecule has 0 aromatic carbocycles. The molecular formula is C35H66O4Si2. The number of hydrogen-bond donors (Lipinski definition) is 0. The van der Waals surface area contributed by atoms with Crippen LogP contribution in [-0.2, 0) is 18.4 Å². The molecular weight excluding hydrogens is 541 g/mol. The summed E-state index contributed by atoms with van der Waals surface area (Å²) in [7, 11) is -4.07. The molecule has 0 amide bonds. The van der Waals surface area contributed by atoms with E-state index in [2.05, 4.69) is 107 Å². The van der Waals surface area contributed by atoms with E-state index in [1.54, 1.807) is 0 Å². The van der Waals surface area contributed by atoms with Gasteiger partial charge < -0.3 is 13.6 Å². The molecule has 1 fully saturated rings. The second-order valence-electron chi connectivity index (χ2n) is 15.6. The highest BCUT2D eigenvalue weighted by atomic mass is 28.4. The Balaban J connectivity index is 3.48. The van der Waals surface area contributed by atoms with Gasteiger partial charge in [0.05, 0.1) is 11.7 Å². The van der Waals surface area contributed by atoms with Crippen LogP contribution in [-0.4, -0.2) is 40.4 Å². The number of esters is 1. The van der Waals surface area contributed by atoms with Crippen molar-refractivity contribution in [2.24, 2.45) is 11.8 Å². The van der Waals surface area contributed by atoms with Crippen molar-refractivity contribution >= 4 is 22.6 Å². The Morgan fingerprint density at radius 2 is 1.49 bits per heavy atom. The molecule has 0 saturated heterocycles. The fraction of sp³-hybridized carbons (Fsp3) is 0.800. The third kappa shape index (κ3) is 11.6. The smallest absolute Gasteiger partial charge is 0.306 e. The van der Waals surface area contributed by atoms with E-state index in [-0.39, 0.29) is 45.7 Å². The fourth-order valence-corrected chi connectivity index (χ4v) is 8.24. The molecule has 6 heteroatoms. The molecule has 1 rings (SSSR count). The zero-order valence-electron chi connectivity index (χ0n) is 29.0. The SMILES string of the molecule is C=CCCCC(=O)O[C@H]1CC(O[Si](C)(C)C(C)(C)C)[C@H](/C=C/[C@](C)(CCCCC)O[Si](C)(C)C(C)(C)C)[C@H]1CC=C. The van der Waals surface area contributed by atoms with E-state index in [0.29, 0.717) is 6.42 Å². The molecule has 4 nitrogen and oxygen atoms in total. The van der Waals surface area contributed by atoms with Crippen LogP contribution in [0.2, 0.25) is 36.3 Å². The average Bonchev–Trinajstić information content (AvgIpc) is 3.11. The summed E-state index contributed by atoms with van der Waals surface area (Å²) in [6, 6.07) is 0. The predicted molar refractivity (Wildman–Crippen MR) is 182 cm³/mol. The third-order valence-electron chi connectivity index (χ3n) is 9.87. The van der Waals surface area contributed by atoms with Crippen LogP contribution in [0.25, 0.3) is 0 Å². The highest BCUT2D eigenvalue weighted by molar-refractivity contribution is 6.74. The van der Waals surface area contributed by atoms with Gasteiger partial charge in [0.1, 0.15) is 6.10 Å². The minimum atomic E-state index is -2.06. The number of ether oxygens (including phenoxy) is 1. The summed E-state index contributed by atoms with van der Waals surface area (Å²) in [6.45, 7) is 35.5. The van der Waals surface area contributed by atoms with Gasteiger partial charge in [-0.15, -0.1) is 13.2 Å².